The summed E-state index contributed by atoms with van der Waals surface area (Å²) in [7, 11) is 0. The van der Waals surface area contributed by atoms with Crippen LogP contribution in [0.15, 0.2) is 59.8 Å². The van der Waals surface area contributed by atoms with Gasteiger partial charge in [-0.05, 0) is 40.8 Å². The van der Waals surface area contributed by atoms with Crippen molar-refractivity contribution in [3.8, 4) is 11.1 Å². The van der Waals surface area contributed by atoms with Gasteiger partial charge in [0.2, 0.25) is 0 Å². The molecule has 0 aliphatic rings. The molecule has 0 bridgehead atoms. The fourth-order valence-corrected chi connectivity index (χ4v) is 3.23. The van der Waals surface area contributed by atoms with Crippen LogP contribution in [0.25, 0.3) is 21.9 Å². The molecule has 1 nitrogen and oxygen atoms in total. The Morgan fingerprint density at radius 3 is 2.74 bits per heavy atom. The number of pyridine rings is 1. The second-order valence-corrected chi connectivity index (χ2v) is 5.51. The molecule has 2 aromatic carbocycles. The van der Waals surface area contributed by atoms with Crippen molar-refractivity contribution >= 4 is 34.1 Å². The number of fused-ring (bicyclic) bond motifs is 1. The zero-order valence-electron chi connectivity index (χ0n) is 10.4. The number of halogens is 1. The van der Waals surface area contributed by atoms with Crippen LogP contribution in [0, 0.1) is 0 Å². The predicted octanol–water partition coefficient (Wildman–Crippen LogP) is 5.28. The van der Waals surface area contributed by atoms with E-state index >= 15 is 0 Å². The number of hydrogen-bond donors (Lipinski definition) is 0. The number of thioether (sulfide) groups is 1. The zero-order chi connectivity index (χ0) is 13.2. The molecule has 0 amide bonds. The highest BCUT2D eigenvalue weighted by atomic mass is 35.5. The number of benzene rings is 2. The monoisotopic (exact) mass is 285 g/mol. The molecule has 0 atom stereocenters. The minimum absolute atomic E-state index is 0.772. The van der Waals surface area contributed by atoms with Gasteiger partial charge in [0.1, 0.15) is 0 Å². The third kappa shape index (κ3) is 2.34. The average molecular weight is 286 g/mol. The maximum Gasteiger partial charge on any atom is 0.0412 e. The maximum atomic E-state index is 6.05. The summed E-state index contributed by atoms with van der Waals surface area (Å²) in [5.74, 6) is 0. The molecular weight excluding hydrogens is 274 g/mol. The second-order valence-electron chi connectivity index (χ2n) is 4.25. The molecule has 3 aromatic rings. The molecule has 0 radical (unpaired) electrons. The highest BCUT2D eigenvalue weighted by Gasteiger charge is 2.09. The van der Waals surface area contributed by atoms with Gasteiger partial charge in [0.25, 0.3) is 0 Å². The van der Waals surface area contributed by atoms with Crippen LogP contribution in [0.4, 0.5) is 0 Å². The van der Waals surface area contributed by atoms with Crippen molar-refractivity contribution in [3.05, 3.63) is 59.9 Å². The van der Waals surface area contributed by atoms with Gasteiger partial charge in [-0.15, -0.1) is 11.8 Å². The van der Waals surface area contributed by atoms with Gasteiger partial charge in [-0.3, -0.25) is 4.98 Å². The van der Waals surface area contributed by atoms with Crippen molar-refractivity contribution in [1.29, 1.82) is 0 Å². The standard InChI is InChI=1S/C16H12ClNS/c1-19-16-14-7-5-13(17)9-11(14)4-6-15(16)12-3-2-8-18-10-12/h2-10H,1H3. The van der Waals surface area contributed by atoms with Crippen LogP contribution < -0.4 is 0 Å². The van der Waals surface area contributed by atoms with Gasteiger partial charge in [-0.25, -0.2) is 0 Å². The Morgan fingerprint density at radius 2 is 2.00 bits per heavy atom. The normalized spacial score (nSPS) is 10.8. The van der Waals surface area contributed by atoms with E-state index in [1.807, 2.05) is 24.4 Å². The van der Waals surface area contributed by atoms with E-state index in [1.54, 1.807) is 18.0 Å². The van der Waals surface area contributed by atoms with Crippen LogP contribution in [0.3, 0.4) is 0 Å². The van der Waals surface area contributed by atoms with Gasteiger partial charge in [0.15, 0.2) is 0 Å². The molecule has 0 fully saturated rings. The summed E-state index contributed by atoms with van der Waals surface area (Å²) in [6.07, 6.45) is 5.79. The predicted molar refractivity (Wildman–Crippen MR) is 84.0 cm³/mol. The Balaban J connectivity index is 2.30. The lowest BCUT2D eigenvalue weighted by atomic mass is 10.0. The largest absolute Gasteiger partial charge is 0.264 e. The van der Waals surface area contributed by atoms with Crippen molar-refractivity contribution in [2.24, 2.45) is 0 Å². The summed E-state index contributed by atoms with van der Waals surface area (Å²) < 4.78 is 0. The first-order chi connectivity index (χ1) is 9.29. The molecule has 1 heterocycles. The van der Waals surface area contributed by atoms with Crippen LogP contribution in [-0.4, -0.2) is 11.2 Å². The zero-order valence-corrected chi connectivity index (χ0v) is 12.0. The highest BCUT2D eigenvalue weighted by Crippen LogP contribution is 2.36. The molecule has 0 aliphatic carbocycles. The Morgan fingerprint density at radius 1 is 1.11 bits per heavy atom. The number of hydrogen-bond acceptors (Lipinski definition) is 2. The lowest BCUT2D eigenvalue weighted by Gasteiger charge is -2.11. The molecule has 0 unspecified atom stereocenters. The Hall–Kier alpha value is -1.51. The molecule has 19 heavy (non-hydrogen) atoms. The van der Waals surface area contributed by atoms with Gasteiger partial charge < -0.3 is 0 Å². The smallest absolute Gasteiger partial charge is 0.0412 e. The van der Waals surface area contributed by atoms with Gasteiger partial charge in [-0.1, -0.05) is 35.9 Å². The van der Waals surface area contributed by atoms with Crippen molar-refractivity contribution in [1.82, 2.24) is 4.98 Å². The van der Waals surface area contributed by atoms with E-state index in [4.69, 9.17) is 11.6 Å². The van der Waals surface area contributed by atoms with E-state index in [0.29, 0.717) is 0 Å². The topological polar surface area (TPSA) is 12.9 Å². The van der Waals surface area contributed by atoms with E-state index in [-0.39, 0.29) is 0 Å². The first kappa shape index (κ1) is 12.5. The number of aromatic nitrogens is 1. The van der Waals surface area contributed by atoms with Crippen LogP contribution in [0.5, 0.6) is 0 Å². The van der Waals surface area contributed by atoms with Crippen molar-refractivity contribution in [3.63, 3.8) is 0 Å². The number of nitrogens with zero attached hydrogens (tertiary/aromatic N) is 1. The fraction of sp³-hybridized carbons (Fsp3) is 0.0625. The van der Waals surface area contributed by atoms with Gasteiger partial charge >= 0.3 is 0 Å². The summed E-state index contributed by atoms with van der Waals surface area (Å²) in [5, 5.41) is 3.18. The number of rotatable bonds is 2. The average Bonchev–Trinajstić information content (AvgIpc) is 2.46. The van der Waals surface area contributed by atoms with Crippen molar-refractivity contribution < 1.29 is 0 Å². The first-order valence-electron chi connectivity index (χ1n) is 5.96. The molecule has 3 rings (SSSR count). The van der Waals surface area contributed by atoms with E-state index in [2.05, 4.69) is 35.5 Å². The SMILES string of the molecule is CSc1c(-c2cccnc2)ccc2cc(Cl)ccc12. The van der Waals surface area contributed by atoms with Gasteiger partial charge in [0, 0.05) is 27.9 Å². The summed E-state index contributed by atoms with van der Waals surface area (Å²) >= 11 is 7.81. The minimum atomic E-state index is 0.772. The maximum absolute atomic E-state index is 6.05. The van der Waals surface area contributed by atoms with Crippen LogP contribution >= 0.6 is 23.4 Å². The second kappa shape index (κ2) is 5.24. The van der Waals surface area contributed by atoms with Crippen molar-refractivity contribution in [2.75, 3.05) is 6.26 Å². The quantitative estimate of drug-likeness (QED) is 0.594. The Bertz CT molecular complexity index is 725. The highest BCUT2D eigenvalue weighted by molar-refractivity contribution is 7.99. The van der Waals surface area contributed by atoms with E-state index in [0.717, 1.165) is 10.6 Å². The van der Waals surface area contributed by atoms with E-state index < -0.39 is 0 Å². The molecule has 0 saturated carbocycles. The molecule has 0 saturated heterocycles. The first-order valence-corrected chi connectivity index (χ1v) is 7.56. The molecule has 94 valence electrons. The molecule has 0 spiro atoms. The molecule has 0 N–H and O–H groups in total. The summed E-state index contributed by atoms with van der Waals surface area (Å²) in [6.45, 7) is 0. The van der Waals surface area contributed by atoms with E-state index in [9.17, 15) is 0 Å². The molecule has 3 heteroatoms. The summed E-state index contributed by atoms with van der Waals surface area (Å²) in [5.41, 5.74) is 2.36. The Kier molecular flexibility index (Phi) is 3.45. The lowest BCUT2D eigenvalue weighted by molar-refractivity contribution is 1.32. The molecule has 0 aliphatic heterocycles. The summed E-state index contributed by atoms with van der Waals surface area (Å²) in [4.78, 5) is 5.47. The van der Waals surface area contributed by atoms with Crippen LogP contribution in [-0.2, 0) is 0 Å². The van der Waals surface area contributed by atoms with Crippen LogP contribution in [0.1, 0.15) is 0 Å². The summed E-state index contributed by atoms with van der Waals surface area (Å²) in [6, 6.07) is 14.3. The molecule has 1 aromatic heterocycles. The van der Waals surface area contributed by atoms with Crippen molar-refractivity contribution in [2.45, 2.75) is 4.90 Å². The molecular formula is C16H12ClNS. The van der Waals surface area contributed by atoms with E-state index in [1.165, 1.54) is 21.2 Å². The minimum Gasteiger partial charge on any atom is -0.264 e. The van der Waals surface area contributed by atoms with Crippen LogP contribution in [0.2, 0.25) is 5.02 Å². The Labute approximate surface area is 121 Å². The van der Waals surface area contributed by atoms with Gasteiger partial charge in [-0.2, -0.15) is 0 Å². The third-order valence-corrected chi connectivity index (χ3v) is 4.19. The van der Waals surface area contributed by atoms with Gasteiger partial charge in [0.05, 0.1) is 0 Å². The fourth-order valence-electron chi connectivity index (χ4n) is 2.24. The third-order valence-electron chi connectivity index (χ3n) is 3.11. The lowest BCUT2D eigenvalue weighted by Crippen LogP contribution is -1.85.